The van der Waals surface area contributed by atoms with Gasteiger partial charge in [0.1, 0.15) is 16.6 Å². The lowest BCUT2D eigenvalue weighted by Crippen LogP contribution is -2.26. The van der Waals surface area contributed by atoms with Crippen LogP contribution in [0.3, 0.4) is 0 Å². The summed E-state index contributed by atoms with van der Waals surface area (Å²) in [7, 11) is -2.27. The predicted octanol–water partition coefficient (Wildman–Crippen LogP) is 3.37. The van der Waals surface area contributed by atoms with E-state index in [1.165, 1.54) is 35.6 Å². The summed E-state index contributed by atoms with van der Waals surface area (Å²) in [6, 6.07) is 14.2. The highest BCUT2D eigenvalue weighted by Gasteiger charge is 2.21. The number of ether oxygens (including phenoxy) is 1. The summed E-state index contributed by atoms with van der Waals surface area (Å²) in [5.41, 5.74) is 1.13. The van der Waals surface area contributed by atoms with Crippen LogP contribution in [-0.4, -0.2) is 31.0 Å². The SMILES string of the molecule is CN(c1ccccc1)S(=O)(=O)c1ccc(C(=O)OCc2nnsc2Cl)cc1. The highest BCUT2D eigenvalue weighted by Crippen LogP contribution is 2.22. The second-order valence-electron chi connectivity index (χ2n) is 5.40. The van der Waals surface area contributed by atoms with Crippen LogP contribution in [0.1, 0.15) is 16.1 Å². The number of carbonyl (C=O) groups is 1. The first kappa shape index (κ1) is 19.3. The highest BCUT2D eigenvalue weighted by atomic mass is 35.5. The molecule has 1 aromatic heterocycles. The number of anilines is 1. The minimum absolute atomic E-state index is 0.0668. The van der Waals surface area contributed by atoms with Crippen molar-refractivity contribution in [1.82, 2.24) is 9.59 Å². The Balaban J connectivity index is 1.72. The van der Waals surface area contributed by atoms with E-state index < -0.39 is 16.0 Å². The number of benzene rings is 2. The molecule has 0 N–H and O–H groups in total. The zero-order chi connectivity index (χ0) is 19.4. The number of hydrogen-bond donors (Lipinski definition) is 0. The fraction of sp³-hybridized carbons (Fsp3) is 0.118. The molecule has 140 valence electrons. The standard InChI is InChI=1S/C17H14ClN3O4S2/c1-21(13-5-3-2-4-6-13)27(23,24)14-9-7-12(8-10-14)17(22)25-11-15-16(18)26-20-19-15/h2-10H,11H2,1H3. The fourth-order valence-corrected chi connectivity index (χ4v) is 3.99. The van der Waals surface area contributed by atoms with Crippen LogP contribution in [0.2, 0.25) is 4.34 Å². The van der Waals surface area contributed by atoms with Crippen molar-refractivity contribution in [3.63, 3.8) is 0 Å². The van der Waals surface area contributed by atoms with E-state index in [0.29, 0.717) is 15.7 Å². The van der Waals surface area contributed by atoms with Crippen LogP contribution in [0.25, 0.3) is 0 Å². The van der Waals surface area contributed by atoms with E-state index >= 15 is 0 Å². The maximum atomic E-state index is 12.7. The van der Waals surface area contributed by atoms with Crippen LogP contribution in [0.15, 0.2) is 59.5 Å². The molecule has 2 aromatic carbocycles. The Morgan fingerprint density at radius 2 is 1.81 bits per heavy atom. The number of para-hydroxylation sites is 1. The number of halogens is 1. The number of hydrogen-bond acceptors (Lipinski definition) is 7. The molecule has 1 heterocycles. The monoisotopic (exact) mass is 423 g/mol. The van der Waals surface area contributed by atoms with Crippen molar-refractivity contribution in [2.24, 2.45) is 0 Å². The van der Waals surface area contributed by atoms with Gasteiger partial charge in [-0.2, -0.15) is 0 Å². The molecule has 0 atom stereocenters. The van der Waals surface area contributed by atoms with Crippen LogP contribution in [0.4, 0.5) is 5.69 Å². The van der Waals surface area contributed by atoms with Crippen LogP contribution in [0, 0.1) is 0 Å². The minimum Gasteiger partial charge on any atom is -0.455 e. The van der Waals surface area contributed by atoms with E-state index in [1.807, 2.05) is 0 Å². The van der Waals surface area contributed by atoms with Gasteiger partial charge < -0.3 is 4.74 Å². The van der Waals surface area contributed by atoms with E-state index in [4.69, 9.17) is 16.3 Å². The number of esters is 1. The van der Waals surface area contributed by atoms with E-state index in [-0.39, 0.29) is 17.1 Å². The first-order valence-electron chi connectivity index (χ1n) is 7.67. The number of nitrogens with zero attached hydrogens (tertiary/aromatic N) is 3. The molecule has 0 unspecified atom stereocenters. The summed E-state index contributed by atoms with van der Waals surface area (Å²) in [5, 5.41) is 3.75. The summed E-state index contributed by atoms with van der Waals surface area (Å²) in [6.07, 6.45) is 0. The average molecular weight is 424 g/mol. The molecular formula is C17H14ClN3O4S2. The van der Waals surface area contributed by atoms with Gasteiger partial charge in [-0.25, -0.2) is 13.2 Å². The first-order valence-corrected chi connectivity index (χ1v) is 10.3. The van der Waals surface area contributed by atoms with E-state index in [0.717, 1.165) is 11.5 Å². The van der Waals surface area contributed by atoms with Gasteiger partial charge in [0.05, 0.1) is 16.1 Å². The maximum absolute atomic E-state index is 12.7. The Hall–Kier alpha value is -2.49. The van der Waals surface area contributed by atoms with Gasteiger partial charge >= 0.3 is 5.97 Å². The molecule has 0 saturated carbocycles. The van der Waals surface area contributed by atoms with Crippen LogP contribution in [-0.2, 0) is 21.4 Å². The minimum atomic E-state index is -3.74. The lowest BCUT2D eigenvalue weighted by Gasteiger charge is -2.19. The Kier molecular flexibility index (Phi) is 5.73. The lowest BCUT2D eigenvalue weighted by molar-refractivity contribution is 0.0468. The molecule has 0 saturated heterocycles. The van der Waals surface area contributed by atoms with Crippen LogP contribution < -0.4 is 4.31 Å². The zero-order valence-electron chi connectivity index (χ0n) is 14.1. The van der Waals surface area contributed by atoms with Crippen molar-refractivity contribution in [2.45, 2.75) is 11.5 Å². The quantitative estimate of drug-likeness (QED) is 0.564. The van der Waals surface area contributed by atoms with E-state index in [9.17, 15) is 13.2 Å². The summed E-state index contributed by atoms with van der Waals surface area (Å²) in [5.74, 6) is -0.612. The topological polar surface area (TPSA) is 89.5 Å². The Bertz CT molecular complexity index is 1040. The second-order valence-corrected chi connectivity index (χ2v) is 8.73. The largest absolute Gasteiger partial charge is 0.455 e. The Morgan fingerprint density at radius 1 is 1.15 bits per heavy atom. The average Bonchev–Trinajstić information content (AvgIpc) is 3.11. The Labute approximate surface area is 165 Å². The number of rotatable bonds is 6. The third-order valence-electron chi connectivity index (χ3n) is 3.72. The normalized spacial score (nSPS) is 11.2. The number of carbonyl (C=O) groups excluding carboxylic acids is 1. The van der Waals surface area contributed by atoms with Crippen molar-refractivity contribution < 1.29 is 17.9 Å². The molecule has 0 radical (unpaired) electrons. The van der Waals surface area contributed by atoms with Crippen molar-refractivity contribution in [3.05, 3.63) is 70.2 Å². The molecule has 0 spiro atoms. The van der Waals surface area contributed by atoms with Gasteiger partial charge in [-0.3, -0.25) is 4.31 Å². The Morgan fingerprint density at radius 3 is 2.41 bits per heavy atom. The first-order chi connectivity index (χ1) is 12.9. The zero-order valence-corrected chi connectivity index (χ0v) is 16.5. The van der Waals surface area contributed by atoms with Gasteiger partial charge in [-0.1, -0.05) is 34.3 Å². The molecule has 0 aliphatic rings. The fourth-order valence-electron chi connectivity index (χ4n) is 2.20. The van der Waals surface area contributed by atoms with E-state index in [1.54, 1.807) is 30.3 Å². The third kappa shape index (κ3) is 4.26. The van der Waals surface area contributed by atoms with Gasteiger partial charge in [0.2, 0.25) is 0 Å². The van der Waals surface area contributed by atoms with Crippen LogP contribution in [0.5, 0.6) is 0 Å². The molecule has 3 aromatic rings. The highest BCUT2D eigenvalue weighted by molar-refractivity contribution is 7.92. The number of sulfonamides is 1. The molecule has 0 amide bonds. The maximum Gasteiger partial charge on any atom is 0.338 e. The summed E-state index contributed by atoms with van der Waals surface area (Å²) >= 11 is 6.85. The molecule has 7 nitrogen and oxygen atoms in total. The summed E-state index contributed by atoms with van der Waals surface area (Å²) in [6.45, 7) is -0.106. The van der Waals surface area contributed by atoms with Crippen molar-refractivity contribution >= 4 is 44.8 Å². The van der Waals surface area contributed by atoms with Gasteiger partial charge in [-0.15, -0.1) is 5.10 Å². The van der Waals surface area contributed by atoms with E-state index in [2.05, 4.69) is 9.59 Å². The molecular weight excluding hydrogens is 410 g/mol. The van der Waals surface area contributed by atoms with Crippen molar-refractivity contribution in [2.75, 3.05) is 11.4 Å². The smallest absolute Gasteiger partial charge is 0.338 e. The second kappa shape index (κ2) is 8.03. The van der Waals surface area contributed by atoms with Crippen LogP contribution >= 0.6 is 23.1 Å². The molecule has 3 rings (SSSR count). The van der Waals surface area contributed by atoms with Crippen molar-refractivity contribution in [1.29, 1.82) is 0 Å². The molecule has 0 aliphatic carbocycles. The van der Waals surface area contributed by atoms with Gasteiger partial charge in [0.25, 0.3) is 10.0 Å². The predicted molar refractivity (Wildman–Crippen MR) is 103 cm³/mol. The third-order valence-corrected chi connectivity index (χ3v) is 6.50. The van der Waals surface area contributed by atoms with Gasteiger partial charge in [-0.05, 0) is 36.4 Å². The molecule has 0 fully saturated rings. The molecule has 10 heteroatoms. The molecule has 0 aliphatic heterocycles. The molecule has 0 bridgehead atoms. The summed E-state index contributed by atoms with van der Waals surface area (Å²) in [4.78, 5) is 12.2. The number of aromatic nitrogens is 2. The lowest BCUT2D eigenvalue weighted by atomic mass is 10.2. The van der Waals surface area contributed by atoms with Gasteiger partial charge in [0, 0.05) is 18.6 Å². The summed E-state index contributed by atoms with van der Waals surface area (Å²) < 4.78 is 35.7. The molecule has 27 heavy (non-hydrogen) atoms. The van der Waals surface area contributed by atoms with Crippen molar-refractivity contribution in [3.8, 4) is 0 Å². The van der Waals surface area contributed by atoms with Gasteiger partial charge in [0.15, 0.2) is 0 Å².